The molecule has 4 aromatic carbocycles. The monoisotopic (exact) mass is 488 g/mol. The number of carbonyl (C=O) groups is 1. The van der Waals surface area contributed by atoms with Gasteiger partial charge in [0.2, 0.25) is 0 Å². The molecule has 1 heterocycles. The van der Waals surface area contributed by atoms with Crippen molar-refractivity contribution in [2.75, 3.05) is 7.11 Å². The zero-order chi connectivity index (χ0) is 25.2. The van der Waals surface area contributed by atoms with Gasteiger partial charge in [-0.25, -0.2) is 0 Å². The van der Waals surface area contributed by atoms with Gasteiger partial charge in [0, 0.05) is 10.9 Å². The van der Waals surface area contributed by atoms with Crippen molar-refractivity contribution in [1.82, 2.24) is 4.98 Å². The standard InChI is InChI=1S/C30H20N2O3S/c1-35-21-14-11-19(12-15-21)25-24(17-31)30(36)32-27(20-8-3-2-4-9-20)26(25)29(34)23-16-13-18-7-5-6-10-22(18)28(23)33/h2-16,33H,1H3,(H,32,36). The highest BCUT2D eigenvalue weighted by Gasteiger charge is 2.27. The lowest BCUT2D eigenvalue weighted by molar-refractivity contribution is 0.103. The molecule has 0 unspecified atom stereocenters. The molecule has 0 amide bonds. The van der Waals surface area contributed by atoms with Gasteiger partial charge in [-0.3, -0.25) is 4.79 Å². The molecule has 0 aliphatic carbocycles. The SMILES string of the molecule is COc1ccc(-c2c(C(=O)c3ccc4ccccc4c3O)c(-c3ccccc3)[nH]c(=S)c2C#N)cc1. The second-order valence-corrected chi connectivity index (χ2v) is 8.58. The number of rotatable bonds is 5. The number of H-pyrrole nitrogens is 1. The topological polar surface area (TPSA) is 86.1 Å². The Morgan fingerprint density at radius 3 is 2.31 bits per heavy atom. The number of hydrogen-bond donors (Lipinski definition) is 2. The van der Waals surface area contributed by atoms with E-state index < -0.39 is 5.78 Å². The molecule has 174 valence electrons. The summed E-state index contributed by atoms with van der Waals surface area (Å²) in [5.41, 5.74) is 2.80. The molecule has 0 saturated heterocycles. The van der Waals surface area contributed by atoms with Gasteiger partial charge < -0.3 is 14.8 Å². The minimum absolute atomic E-state index is 0.112. The summed E-state index contributed by atoms with van der Waals surface area (Å²) in [5, 5.41) is 22.6. The molecule has 0 spiro atoms. The Bertz CT molecular complexity index is 1720. The van der Waals surface area contributed by atoms with Crippen molar-refractivity contribution in [3.8, 4) is 40.0 Å². The summed E-state index contributed by atoms with van der Waals surface area (Å²) < 4.78 is 5.51. The number of methoxy groups -OCH3 is 1. The van der Waals surface area contributed by atoms with E-state index in [9.17, 15) is 15.2 Å². The van der Waals surface area contributed by atoms with Gasteiger partial charge in [0.1, 0.15) is 22.2 Å². The summed E-state index contributed by atoms with van der Waals surface area (Å²) in [6, 6.07) is 29.3. The first-order valence-electron chi connectivity index (χ1n) is 11.2. The molecule has 0 fully saturated rings. The lowest BCUT2D eigenvalue weighted by atomic mass is 9.87. The van der Waals surface area contributed by atoms with Crippen LogP contribution in [0.4, 0.5) is 0 Å². The van der Waals surface area contributed by atoms with Crippen LogP contribution in [0.15, 0.2) is 91.0 Å². The fourth-order valence-corrected chi connectivity index (χ4v) is 4.63. The Morgan fingerprint density at radius 1 is 0.917 bits per heavy atom. The summed E-state index contributed by atoms with van der Waals surface area (Å²) in [6.45, 7) is 0. The van der Waals surface area contributed by atoms with Gasteiger partial charge in [-0.2, -0.15) is 5.26 Å². The number of aromatic hydroxyl groups is 1. The van der Waals surface area contributed by atoms with Crippen LogP contribution in [-0.2, 0) is 0 Å². The van der Waals surface area contributed by atoms with E-state index in [0.29, 0.717) is 28.0 Å². The van der Waals surface area contributed by atoms with Crippen molar-refractivity contribution in [2.24, 2.45) is 0 Å². The molecule has 0 radical (unpaired) electrons. The summed E-state index contributed by atoms with van der Waals surface area (Å²) in [5.74, 6) is 0.103. The summed E-state index contributed by atoms with van der Waals surface area (Å²) >= 11 is 5.56. The van der Waals surface area contributed by atoms with Gasteiger partial charge in [0.25, 0.3) is 0 Å². The van der Waals surface area contributed by atoms with E-state index in [4.69, 9.17) is 17.0 Å². The molecular weight excluding hydrogens is 468 g/mol. The van der Waals surface area contributed by atoms with Crippen LogP contribution in [0.5, 0.6) is 11.5 Å². The number of ether oxygens (including phenoxy) is 1. The maximum atomic E-state index is 14.3. The van der Waals surface area contributed by atoms with E-state index in [1.807, 2.05) is 48.5 Å². The molecule has 0 saturated carbocycles. The molecular formula is C30H20N2O3S. The Labute approximate surface area is 212 Å². The molecule has 5 aromatic rings. The molecule has 6 heteroatoms. The maximum Gasteiger partial charge on any atom is 0.199 e. The van der Waals surface area contributed by atoms with Crippen LogP contribution in [0.25, 0.3) is 33.2 Å². The summed E-state index contributed by atoms with van der Waals surface area (Å²) in [6.07, 6.45) is 0. The number of benzene rings is 4. The number of aromatic amines is 1. The van der Waals surface area contributed by atoms with Gasteiger partial charge in [-0.1, -0.05) is 85.0 Å². The molecule has 2 N–H and O–H groups in total. The van der Waals surface area contributed by atoms with Crippen molar-refractivity contribution in [1.29, 1.82) is 5.26 Å². The average molecular weight is 489 g/mol. The van der Waals surface area contributed by atoms with E-state index in [1.165, 1.54) is 0 Å². The van der Waals surface area contributed by atoms with Crippen LogP contribution in [0.2, 0.25) is 0 Å². The van der Waals surface area contributed by atoms with Crippen LogP contribution >= 0.6 is 12.2 Å². The molecule has 0 aliphatic rings. The molecule has 36 heavy (non-hydrogen) atoms. The second-order valence-electron chi connectivity index (χ2n) is 8.17. The van der Waals surface area contributed by atoms with Gasteiger partial charge in [-0.15, -0.1) is 0 Å². The van der Waals surface area contributed by atoms with E-state index in [-0.39, 0.29) is 27.1 Å². The predicted molar refractivity (Wildman–Crippen MR) is 143 cm³/mol. The zero-order valence-corrected chi connectivity index (χ0v) is 20.1. The van der Waals surface area contributed by atoms with E-state index in [2.05, 4.69) is 11.1 Å². The molecule has 1 aromatic heterocycles. The third kappa shape index (κ3) is 3.92. The third-order valence-corrected chi connectivity index (χ3v) is 6.45. The highest BCUT2D eigenvalue weighted by Crippen LogP contribution is 2.39. The fraction of sp³-hybridized carbons (Fsp3) is 0.0333. The first-order chi connectivity index (χ1) is 17.5. The number of nitrogens with zero attached hydrogens (tertiary/aromatic N) is 1. The minimum atomic E-state index is -0.425. The normalized spacial score (nSPS) is 10.7. The number of nitriles is 1. The second kappa shape index (κ2) is 9.49. The first kappa shape index (κ1) is 23.0. The predicted octanol–water partition coefficient (Wildman–Crippen LogP) is 7.05. The molecule has 0 bridgehead atoms. The number of phenolic OH excluding ortho intramolecular Hbond substituents is 1. The number of phenols is 1. The van der Waals surface area contributed by atoms with Gasteiger partial charge >= 0.3 is 0 Å². The summed E-state index contributed by atoms with van der Waals surface area (Å²) in [4.78, 5) is 17.4. The van der Waals surface area contributed by atoms with E-state index in [0.717, 1.165) is 10.9 Å². The smallest absolute Gasteiger partial charge is 0.199 e. The number of nitrogens with one attached hydrogen (secondary N) is 1. The molecule has 5 rings (SSSR count). The Kier molecular flexibility index (Phi) is 6.07. The van der Waals surface area contributed by atoms with Crippen molar-refractivity contribution in [2.45, 2.75) is 0 Å². The molecule has 5 nitrogen and oxygen atoms in total. The highest BCUT2D eigenvalue weighted by molar-refractivity contribution is 7.71. The van der Waals surface area contributed by atoms with Crippen molar-refractivity contribution >= 4 is 28.8 Å². The number of pyridine rings is 1. The quantitative estimate of drug-likeness (QED) is 0.205. The first-order valence-corrected chi connectivity index (χ1v) is 11.6. The van der Waals surface area contributed by atoms with E-state index in [1.54, 1.807) is 49.6 Å². The Morgan fingerprint density at radius 2 is 1.61 bits per heavy atom. The van der Waals surface area contributed by atoms with Crippen molar-refractivity contribution < 1.29 is 14.6 Å². The number of ketones is 1. The zero-order valence-electron chi connectivity index (χ0n) is 19.3. The lowest BCUT2D eigenvalue weighted by Gasteiger charge is -2.18. The van der Waals surface area contributed by atoms with Crippen molar-refractivity contribution in [3.63, 3.8) is 0 Å². The Balaban J connectivity index is 1.87. The average Bonchev–Trinajstić information content (AvgIpc) is 2.93. The van der Waals surface area contributed by atoms with Gasteiger partial charge in [0.15, 0.2) is 5.78 Å². The number of fused-ring (bicyclic) bond motifs is 1. The fourth-order valence-electron chi connectivity index (χ4n) is 4.38. The molecule has 0 aliphatic heterocycles. The van der Waals surface area contributed by atoms with E-state index >= 15 is 0 Å². The van der Waals surface area contributed by atoms with Crippen LogP contribution in [-0.4, -0.2) is 23.0 Å². The highest BCUT2D eigenvalue weighted by atomic mass is 32.1. The van der Waals surface area contributed by atoms with Crippen molar-refractivity contribution in [3.05, 3.63) is 112 Å². The van der Waals surface area contributed by atoms with Gasteiger partial charge in [0.05, 0.1) is 29.5 Å². The summed E-state index contributed by atoms with van der Waals surface area (Å²) in [7, 11) is 1.57. The van der Waals surface area contributed by atoms with Gasteiger partial charge in [-0.05, 0) is 34.7 Å². The number of aromatic nitrogens is 1. The third-order valence-electron chi connectivity index (χ3n) is 6.14. The lowest BCUT2D eigenvalue weighted by Crippen LogP contribution is -2.10. The van der Waals surface area contributed by atoms with Crippen LogP contribution < -0.4 is 4.74 Å². The van der Waals surface area contributed by atoms with Crippen LogP contribution in [0.1, 0.15) is 21.5 Å². The largest absolute Gasteiger partial charge is 0.507 e. The Hall–Kier alpha value is -4.73. The van der Waals surface area contributed by atoms with Crippen LogP contribution in [0, 0.1) is 16.0 Å². The molecule has 0 atom stereocenters. The van der Waals surface area contributed by atoms with Crippen LogP contribution in [0.3, 0.4) is 0 Å². The minimum Gasteiger partial charge on any atom is -0.507 e. The maximum absolute atomic E-state index is 14.3. The number of carbonyl (C=O) groups excluding carboxylic acids is 1. The number of hydrogen-bond acceptors (Lipinski definition) is 5.